The van der Waals surface area contributed by atoms with Crippen LogP contribution in [0.15, 0.2) is 4.52 Å². The first-order valence-corrected chi connectivity index (χ1v) is 8.14. The maximum Gasteiger partial charge on any atom is 0.265 e. The number of hydrogen-bond acceptors (Lipinski definition) is 7. The van der Waals surface area contributed by atoms with Crippen molar-refractivity contribution >= 4 is 11.9 Å². The lowest BCUT2D eigenvalue weighted by molar-refractivity contribution is -0.135. The highest BCUT2D eigenvalue weighted by atomic mass is 16.5. The summed E-state index contributed by atoms with van der Waals surface area (Å²) in [6.45, 7) is 2.92. The Labute approximate surface area is 136 Å². The van der Waals surface area contributed by atoms with Crippen LogP contribution in [-0.4, -0.2) is 78.8 Å². The van der Waals surface area contributed by atoms with E-state index in [1.54, 1.807) is 12.0 Å². The smallest absolute Gasteiger partial charge is 0.265 e. The number of ether oxygens (including phenoxy) is 1. The molecule has 128 valence electrons. The van der Waals surface area contributed by atoms with Crippen LogP contribution in [0.1, 0.15) is 25.2 Å². The van der Waals surface area contributed by atoms with Crippen LogP contribution in [0.3, 0.4) is 0 Å². The Morgan fingerprint density at radius 3 is 2.74 bits per heavy atom. The van der Waals surface area contributed by atoms with Gasteiger partial charge in [0.05, 0.1) is 18.7 Å². The van der Waals surface area contributed by atoms with E-state index in [9.17, 15) is 4.79 Å². The molecule has 1 aromatic rings. The van der Waals surface area contributed by atoms with Crippen LogP contribution in [0.4, 0.5) is 5.95 Å². The number of amides is 1. The van der Waals surface area contributed by atoms with Gasteiger partial charge in [-0.15, -0.1) is 0 Å². The first-order chi connectivity index (χ1) is 11.1. The Hall–Kier alpha value is -1.67. The summed E-state index contributed by atoms with van der Waals surface area (Å²) < 4.78 is 10.8. The summed E-state index contributed by atoms with van der Waals surface area (Å²) in [6.07, 6.45) is 2.99. The highest BCUT2D eigenvalue weighted by molar-refractivity contribution is 5.82. The zero-order chi connectivity index (χ0) is 16.4. The molecule has 8 heteroatoms. The lowest BCUT2D eigenvalue weighted by atomic mass is 10.1. The fourth-order valence-corrected chi connectivity index (χ4v) is 3.28. The van der Waals surface area contributed by atoms with Gasteiger partial charge < -0.3 is 19.1 Å². The fraction of sp³-hybridized carbons (Fsp3) is 0.800. The number of nitrogens with zero attached hydrogens (tertiary/aromatic N) is 5. The van der Waals surface area contributed by atoms with Gasteiger partial charge in [-0.25, -0.2) is 0 Å². The van der Waals surface area contributed by atoms with E-state index < -0.39 is 0 Å². The molecule has 1 aromatic heterocycles. The molecule has 3 rings (SSSR count). The van der Waals surface area contributed by atoms with Crippen LogP contribution < -0.4 is 4.90 Å². The van der Waals surface area contributed by atoms with Crippen molar-refractivity contribution in [3.05, 3.63) is 5.89 Å². The Balaban J connectivity index is 1.70. The highest BCUT2D eigenvalue weighted by Gasteiger charge is 2.40. The second kappa shape index (κ2) is 6.84. The monoisotopic (exact) mass is 323 g/mol. The predicted octanol–water partition coefficient (Wildman–Crippen LogP) is 0.347. The molecule has 1 amide bonds. The van der Waals surface area contributed by atoms with Crippen LogP contribution in [0, 0.1) is 0 Å². The summed E-state index contributed by atoms with van der Waals surface area (Å²) in [5.41, 5.74) is 0. The van der Waals surface area contributed by atoms with E-state index in [1.165, 1.54) is 0 Å². The van der Waals surface area contributed by atoms with Crippen LogP contribution in [0.5, 0.6) is 0 Å². The van der Waals surface area contributed by atoms with Crippen molar-refractivity contribution < 1.29 is 14.1 Å². The van der Waals surface area contributed by atoms with E-state index in [-0.39, 0.29) is 18.1 Å². The summed E-state index contributed by atoms with van der Waals surface area (Å²) in [4.78, 5) is 23.0. The molecule has 2 saturated heterocycles. The number of methoxy groups -OCH3 is 1. The van der Waals surface area contributed by atoms with E-state index in [4.69, 9.17) is 9.26 Å². The summed E-state index contributed by atoms with van der Waals surface area (Å²) in [7, 11) is 5.43. The van der Waals surface area contributed by atoms with Gasteiger partial charge >= 0.3 is 0 Å². The van der Waals surface area contributed by atoms with Crippen LogP contribution in [0.25, 0.3) is 0 Å². The average molecular weight is 323 g/mol. The molecule has 0 radical (unpaired) electrons. The molecule has 0 unspecified atom stereocenters. The van der Waals surface area contributed by atoms with Gasteiger partial charge in [0.2, 0.25) is 11.8 Å². The first kappa shape index (κ1) is 16.2. The predicted molar refractivity (Wildman–Crippen MR) is 84.1 cm³/mol. The van der Waals surface area contributed by atoms with E-state index in [2.05, 4.69) is 15.0 Å². The number of aromatic nitrogens is 2. The zero-order valence-corrected chi connectivity index (χ0v) is 14.1. The minimum atomic E-state index is -0.159. The van der Waals surface area contributed by atoms with Gasteiger partial charge in [0.25, 0.3) is 5.95 Å². The number of likely N-dealkylation sites (tertiary alicyclic amines) is 2. The van der Waals surface area contributed by atoms with Gasteiger partial charge in [0, 0.05) is 40.8 Å². The van der Waals surface area contributed by atoms with E-state index in [0.717, 1.165) is 32.4 Å². The molecule has 0 bridgehead atoms. The second-order valence-electron chi connectivity index (χ2n) is 6.45. The summed E-state index contributed by atoms with van der Waals surface area (Å²) in [5.74, 6) is 1.28. The van der Waals surface area contributed by atoms with Crippen molar-refractivity contribution in [1.29, 1.82) is 0 Å². The average Bonchev–Trinajstić information content (AvgIpc) is 3.27. The quantitative estimate of drug-likeness (QED) is 0.774. The molecule has 0 aromatic carbocycles. The van der Waals surface area contributed by atoms with Crippen molar-refractivity contribution in [3.8, 4) is 0 Å². The number of rotatable bonds is 5. The lowest BCUT2D eigenvalue weighted by Gasteiger charge is -2.26. The van der Waals surface area contributed by atoms with Gasteiger partial charge in [0.15, 0.2) is 0 Å². The van der Waals surface area contributed by atoms with E-state index in [0.29, 0.717) is 24.9 Å². The standard InChI is InChI=1S/C15H25N5O3/c1-18(2)15-16-13(23-17-15)10-20-9-11(22-3)8-12(20)14(21)19-6-4-5-7-19/h11-12H,4-10H2,1-3H3/t11-,12-/m0/s1. The molecular weight excluding hydrogens is 298 g/mol. The normalized spacial score (nSPS) is 25.3. The van der Waals surface area contributed by atoms with Crippen molar-refractivity contribution in [1.82, 2.24) is 19.9 Å². The molecule has 2 fully saturated rings. The molecule has 0 saturated carbocycles. The summed E-state index contributed by atoms with van der Waals surface area (Å²) in [6, 6.07) is -0.159. The topological polar surface area (TPSA) is 74.9 Å². The minimum absolute atomic E-state index is 0.0720. The number of carbonyl (C=O) groups excluding carboxylic acids is 1. The van der Waals surface area contributed by atoms with E-state index in [1.807, 2.05) is 19.0 Å². The molecule has 0 spiro atoms. The minimum Gasteiger partial charge on any atom is -0.380 e. The Bertz CT molecular complexity index is 541. The fourth-order valence-electron chi connectivity index (χ4n) is 3.28. The lowest BCUT2D eigenvalue weighted by Crippen LogP contribution is -2.44. The van der Waals surface area contributed by atoms with Crippen LogP contribution in [0.2, 0.25) is 0 Å². The van der Waals surface area contributed by atoms with Gasteiger partial charge in [-0.1, -0.05) is 0 Å². The molecular formula is C15H25N5O3. The summed E-state index contributed by atoms with van der Waals surface area (Å²) in [5, 5.41) is 3.93. The molecule has 0 aliphatic carbocycles. The molecule has 23 heavy (non-hydrogen) atoms. The van der Waals surface area contributed by atoms with Gasteiger partial charge in [0.1, 0.15) is 0 Å². The SMILES string of the molecule is CO[C@H]1C[C@@H](C(=O)N2CCCC2)N(Cc2nc(N(C)C)no2)C1. The maximum atomic E-state index is 12.8. The Kier molecular flexibility index (Phi) is 4.82. The number of hydrogen-bond donors (Lipinski definition) is 0. The molecule has 2 atom stereocenters. The number of carbonyl (C=O) groups is 1. The Morgan fingerprint density at radius 1 is 1.39 bits per heavy atom. The third-order valence-electron chi connectivity index (χ3n) is 4.60. The van der Waals surface area contributed by atoms with Crippen LogP contribution >= 0.6 is 0 Å². The zero-order valence-electron chi connectivity index (χ0n) is 14.1. The highest BCUT2D eigenvalue weighted by Crippen LogP contribution is 2.25. The first-order valence-electron chi connectivity index (χ1n) is 8.14. The van der Waals surface area contributed by atoms with Crippen molar-refractivity contribution in [2.45, 2.75) is 38.0 Å². The Morgan fingerprint density at radius 2 is 2.13 bits per heavy atom. The molecule has 3 heterocycles. The third-order valence-corrected chi connectivity index (χ3v) is 4.60. The second-order valence-corrected chi connectivity index (χ2v) is 6.45. The van der Waals surface area contributed by atoms with Gasteiger partial charge in [-0.05, 0) is 24.4 Å². The van der Waals surface area contributed by atoms with Gasteiger partial charge in [-0.2, -0.15) is 4.98 Å². The maximum absolute atomic E-state index is 12.8. The molecule has 2 aliphatic heterocycles. The third kappa shape index (κ3) is 3.48. The van der Waals surface area contributed by atoms with Gasteiger partial charge in [-0.3, -0.25) is 9.69 Å². The van der Waals surface area contributed by atoms with Crippen molar-refractivity contribution in [3.63, 3.8) is 0 Å². The molecule has 8 nitrogen and oxygen atoms in total. The largest absolute Gasteiger partial charge is 0.380 e. The molecule has 2 aliphatic rings. The van der Waals surface area contributed by atoms with Crippen molar-refractivity contribution in [2.24, 2.45) is 0 Å². The van der Waals surface area contributed by atoms with E-state index >= 15 is 0 Å². The summed E-state index contributed by atoms with van der Waals surface area (Å²) >= 11 is 0. The number of anilines is 1. The van der Waals surface area contributed by atoms with Crippen LogP contribution in [-0.2, 0) is 16.1 Å². The van der Waals surface area contributed by atoms with Crippen molar-refractivity contribution in [2.75, 3.05) is 45.7 Å². The molecule has 0 N–H and O–H groups in total.